The lowest BCUT2D eigenvalue weighted by molar-refractivity contribution is 0.0979. The summed E-state index contributed by atoms with van der Waals surface area (Å²) < 4.78 is 31.2. The standard InChI is InChI=1S/C12H17NO6S/c1-4-9(14)11-12(18-2)10(15)7-8(13-11)5-6-19-20(3,16)17/h7H,4-6H2,1-3H3,(H,13,15). The molecule has 20 heavy (non-hydrogen) atoms. The maximum absolute atomic E-state index is 11.8. The van der Waals surface area contributed by atoms with Gasteiger partial charge in [0.25, 0.3) is 10.1 Å². The fraction of sp³-hybridized carbons (Fsp3) is 0.500. The number of carbonyl (C=O) groups excluding carboxylic acids is 1. The summed E-state index contributed by atoms with van der Waals surface area (Å²) in [6, 6.07) is 1.26. The fourth-order valence-electron chi connectivity index (χ4n) is 1.61. The minimum atomic E-state index is -3.53. The van der Waals surface area contributed by atoms with Gasteiger partial charge in [-0.1, -0.05) is 6.92 Å². The Morgan fingerprint density at radius 1 is 1.40 bits per heavy atom. The van der Waals surface area contributed by atoms with Crippen molar-refractivity contribution in [3.8, 4) is 5.75 Å². The molecular formula is C12H17NO6S. The van der Waals surface area contributed by atoms with Crippen molar-refractivity contribution in [1.82, 2.24) is 4.98 Å². The van der Waals surface area contributed by atoms with Crippen molar-refractivity contribution in [2.24, 2.45) is 0 Å². The Balaban J connectivity index is 3.02. The fourth-order valence-corrected chi connectivity index (χ4v) is 2.00. The Kier molecular flexibility index (Phi) is 5.46. The zero-order valence-corrected chi connectivity index (χ0v) is 12.4. The van der Waals surface area contributed by atoms with Crippen LogP contribution in [0.4, 0.5) is 0 Å². The number of nitrogens with one attached hydrogen (secondary N) is 1. The quantitative estimate of drug-likeness (QED) is 0.581. The van der Waals surface area contributed by atoms with Crippen LogP contribution >= 0.6 is 0 Å². The van der Waals surface area contributed by atoms with E-state index in [0.29, 0.717) is 5.69 Å². The van der Waals surface area contributed by atoms with Crippen molar-refractivity contribution in [1.29, 1.82) is 0 Å². The van der Waals surface area contributed by atoms with E-state index in [1.165, 1.54) is 13.2 Å². The predicted octanol–water partition coefficient (Wildman–Crippen LogP) is 0.495. The van der Waals surface area contributed by atoms with Crippen LogP contribution in [0.3, 0.4) is 0 Å². The van der Waals surface area contributed by atoms with E-state index in [1.807, 2.05) is 0 Å². The van der Waals surface area contributed by atoms with Gasteiger partial charge >= 0.3 is 0 Å². The summed E-state index contributed by atoms with van der Waals surface area (Å²) in [5.74, 6) is -0.297. The smallest absolute Gasteiger partial charge is 0.264 e. The molecule has 1 heterocycles. The van der Waals surface area contributed by atoms with Crippen molar-refractivity contribution in [3.05, 3.63) is 27.7 Å². The van der Waals surface area contributed by atoms with Crippen molar-refractivity contribution < 1.29 is 22.1 Å². The minimum absolute atomic E-state index is 0.0374. The number of hydrogen-bond donors (Lipinski definition) is 1. The van der Waals surface area contributed by atoms with E-state index in [4.69, 9.17) is 4.74 Å². The number of ether oxygens (including phenoxy) is 1. The van der Waals surface area contributed by atoms with Gasteiger partial charge in [0.2, 0.25) is 5.43 Å². The third-order valence-electron chi connectivity index (χ3n) is 2.51. The Morgan fingerprint density at radius 2 is 2.05 bits per heavy atom. The van der Waals surface area contributed by atoms with Crippen LogP contribution in [0.15, 0.2) is 10.9 Å². The van der Waals surface area contributed by atoms with Gasteiger partial charge in [0.1, 0.15) is 5.69 Å². The molecule has 0 aliphatic carbocycles. The molecule has 0 aromatic carbocycles. The highest BCUT2D eigenvalue weighted by Gasteiger charge is 2.16. The van der Waals surface area contributed by atoms with Crippen LogP contribution in [-0.2, 0) is 20.7 Å². The van der Waals surface area contributed by atoms with E-state index < -0.39 is 15.5 Å². The van der Waals surface area contributed by atoms with Gasteiger partial charge in [0.15, 0.2) is 11.5 Å². The first-order valence-electron chi connectivity index (χ1n) is 5.96. The second-order valence-electron chi connectivity index (χ2n) is 4.12. The molecule has 0 aliphatic rings. The molecule has 0 radical (unpaired) electrons. The predicted molar refractivity (Wildman–Crippen MR) is 72.7 cm³/mol. The molecular weight excluding hydrogens is 286 g/mol. The zero-order valence-electron chi connectivity index (χ0n) is 11.6. The maximum atomic E-state index is 11.8. The lowest BCUT2D eigenvalue weighted by atomic mass is 10.1. The number of pyridine rings is 1. The summed E-state index contributed by atoms with van der Waals surface area (Å²) in [5, 5.41) is 0. The molecule has 7 nitrogen and oxygen atoms in total. The molecule has 1 rings (SSSR count). The summed E-state index contributed by atoms with van der Waals surface area (Å²) in [6.45, 7) is 1.56. The van der Waals surface area contributed by atoms with Crippen LogP contribution in [0, 0.1) is 0 Å². The molecule has 8 heteroatoms. The molecule has 0 saturated heterocycles. The van der Waals surface area contributed by atoms with Gasteiger partial charge in [-0.2, -0.15) is 8.42 Å². The SMILES string of the molecule is CCC(=O)c1[nH]c(CCOS(C)(=O)=O)cc(=O)c1OC. The van der Waals surface area contributed by atoms with E-state index in [-0.39, 0.29) is 36.7 Å². The lowest BCUT2D eigenvalue weighted by Crippen LogP contribution is -2.17. The minimum Gasteiger partial charge on any atom is -0.491 e. The highest BCUT2D eigenvalue weighted by atomic mass is 32.2. The summed E-state index contributed by atoms with van der Waals surface area (Å²) >= 11 is 0. The van der Waals surface area contributed by atoms with Gasteiger partial charge < -0.3 is 9.72 Å². The Hall–Kier alpha value is -1.67. The van der Waals surface area contributed by atoms with E-state index >= 15 is 0 Å². The molecule has 0 bridgehead atoms. The first kappa shape index (κ1) is 16.4. The van der Waals surface area contributed by atoms with Gasteiger partial charge in [-0.3, -0.25) is 13.8 Å². The third kappa shape index (κ3) is 4.46. The van der Waals surface area contributed by atoms with Crippen molar-refractivity contribution in [3.63, 3.8) is 0 Å². The first-order chi connectivity index (χ1) is 9.28. The summed E-state index contributed by atoms with van der Waals surface area (Å²) in [5.41, 5.74) is 0.0745. The Bertz CT molecular complexity index is 646. The average Bonchev–Trinajstić information content (AvgIpc) is 2.35. The topological polar surface area (TPSA) is 103 Å². The Labute approximate surface area is 117 Å². The van der Waals surface area contributed by atoms with E-state index in [9.17, 15) is 18.0 Å². The highest BCUT2D eigenvalue weighted by Crippen LogP contribution is 2.13. The van der Waals surface area contributed by atoms with Gasteiger partial charge in [0.05, 0.1) is 20.0 Å². The number of ketones is 1. The number of aromatic nitrogens is 1. The van der Waals surface area contributed by atoms with Crippen LogP contribution in [0.25, 0.3) is 0 Å². The largest absolute Gasteiger partial charge is 0.491 e. The van der Waals surface area contributed by atoms with Crippen LogP contribution in [0.5, 0.6) is 5.75 Å². The molecule has 1 aromatic rings. The lowest BCUT2D eigenvalue weighted by Gasteiger charge is -2.09. The summed E-state index contributed by atoms with van der Waals surface area (Å²) in [6.07, 6.45) is 1.32. The molecule has 1 aromatic heterocycles. The van der Waals surface area contributed by atoms with Gasteiger partial charge in [-0.25, -0.2) is 0 Å². The number of aromatic amines is 1. The maximum Gasteiger partial charge on any atom is 0.264 e. The average molecular weight is 303 g/mol. The van der Waals surface area contributed by atoms with E-state index in [2.05, 4.69) is 9.17 Å². The first-order valence-corrected chi connectivity index (χ1v) is 7.78. The van der Waals surface area contributed by atoms with Gasteiger partial charge in [-0.15, -0.1) is 0 Å². The number of hydrogen-bond acceptors (Lipinski definition) is 6. The van der Waals surface area contributed by atoms with Crippen molar-refractivity contribution in [2.75, 3.05) is 20.0 Å². The summed E-state index contributed by atoms with van der Waals surface area (Å²) in [4.78, 5) is 26.4. The molecule has 0 spiro atoms. The number of carbonyl (C=O) groups is 1. The van der Waals surface area contributed by atoms with Gasteiger partial charge in [-0.05, 0) is 0 Å². The number of rotatable bonds is 7. The molecule has 112 valence electrons. The molecule has 0 fully saturated rings. The van der Waals surface area contributed by atoms with Crippen LogP contribution in [0.2, 0.25) is 0 Å². The normalized spacial score (nSPS) is 11.3. The van der Waals surface area contributed by atoms with Crippen LogP contribution in [-0.4, -0.2) is 39.2 Å². The monoisotopic (exact) mass is 303 g/mol. The highest BCUT2D eigenvalue weighted by molar-refractivity contribution is 7.85. The molecule has 0 amide bonds. The van der Waals surface area contributed by atoms with Crippen LogP contribution < -0.4 is 10.2 Å². The van der Waals surface area contributed by atoms with Crippen molar-refractivity contribution >= 4 is 15.9 Å². The number of methoxy groups -OCH3 is 1. The molecule has 0 aliphatic heterocycles. The summed E-state index contributed by atoms with van der Waals surface area (Å²) in [7, 11) is -2.22. The number of H-pyrrole nitrogens is 1. The molecule has 0 atom stereocenters. The van der Waals surface area contributed by atoms with Crippen molar-refractivity contribution in [2.45, 2.75) is 19.8 Å². The van der Waals surface area contributed by atoms with E-state index in [0.717, 1.165) is 6.26 Å². The molecule has 1 N–H and O–H groups in total. The zero-order chi connectivity index (χ0) is 15.3. The van der Waals surface area contributed by atoms with E-state index in [1.54, 1.807) is 6.92 Å². The second kappa shape index (κ2) is 6.67. The molecule has 0 unspecified atom stereocenters. The second-order valence-corrected chi connectivity index (χ2v) is 5.76. The number of Topliss-reactive ketones (excluding diaryl/α,β-unsaturated/α-hetero) is 1. The third-order valence-corrected chi connectivity index (χ3v) is 3.11. The Morgan fingerprint density at radius 3 is 2.55 bits per heavy atom. The van der Waals surface area contributed by atoms with Gasteiger partial charge in [0, 0.05) is 24.6 Å². The van der Waals surface area contributed by atoms with Crippen LogP contribution in [0.1, 0.15) is 29.5 Å². The molecule has 0 saturated carbocycles.